The zero-order valence-electron chi connectivity index (χ0n) is 7.27. The van der Waals surface area contributed by atoms with Gasteiger partial charge in [0, 0.05) is 10.6 Å². The summed E-state index contributed by atoms with van der Waals surface area (Å²) in [7, 11) is -3.21. The molecular formula is C9H9ClO3S. The first-order chi connectivity index (χ1) is 6.50. The minimum Gasteiger partial charge on any atom is -0.388 e. The summed E-state index contributed by atoms with van der Waals surface area (Å²) in [6, 6.07) is 4.49. The number of halogens is 1. The van der Waals surface area contributed by atoms with E-state index in [2.05, 4.69) is 0 Å². The molecule has 0 radical (unpaired) electrons. The molecule has 0 aliphatic carbocycles. The lowest BCUT2D eigenvalue weighted by atomic mass is 10.1. The number of hydrogen-bond donors (Lipinski definition) is 1. The third kappa shape index (κ3) is 1.54. The van der Waals surface area contributed by atoms with Gasteiger partial charge in [-0.3, -0.25) is 0 Å². The summed E-state index contributed by atoms with van der Waals surface area (Å²) >= 11 is 5.73. The van der Waals surface area contributed by atoms with E-state index in [-0.39, 0.29) is 17.1 Å². The molecule has 1 N–H and O–H groups in total. The maximum absolute atomic E-state index is 11.6. The molecule has 0 spiro atoms. The standard InChI is InChI=1S/C9H9ClO3S/c10-6-1-2-9-7(5-6)8(11)3-4-14(9,12)13/h1-2,5,8,11H,3-4H2/t8-/m1/s1. The zero-order chi connectivity index (χ0) is 10.3. The van der Waals surface area contributed by atoms with E-state index in [1.54, 1.807) is 0 Å². The van der Waals surface area contributed by atoms with Crippen LogP contribution in [0.15, 0.2) is 23.1 Å². The lowest BCUT2D eigenvalue weighted by Gasteiger charge is -2.21. The first kappa shape index (κ1) is 9.96. The Labute approximate surface area is 87.2 Å². The highest BCUT2D eigenvalue weighted by atomic mass is 35.5. The van der Waals surface area contributed by atoms with Crippen molar-refractivity contribution in [2.45, 2.75) is 17.4 Å². The van der Waals surface area contributed by atoms with E-state index in [1.165, 1.54) is 18.2 Å². The van der Waals surface area contributed by atoms with Crippen LogP contribution < -0.4 is 0 Å². The van der Waals surface area contributed by atoms with Crippen molar-refractivity contribution in [3.8, 4) is 0 Å². The van der Waals surface area contributed by atoms with Gasteiger partial charge in [-0.1, -0.05) is 11.6 Å². The molecule has 0 unspecified atom stereocenters. The maximum atomic E-state index is 11.6. The zero-order valence-corrected chi connectivity index (χ0v) is 8.85. The average molecular weight is 233 g/mol. The molecule has 1 atom stereocenters. The van der Waals surface area contributed by atoms with Crippen molar-refractivity contribution in [2.75, 3.05) is 5.75 Å². The molecule has 14 heavy (non-hydrogen) atoms. The maximum Gasteiger partial charge on any atom is 0.178 e. The summed E-state index contributed by atoms with van der Waals surface area (Å²) in [5.74, 6) is 0.00278. The molecule has 0 amide bonds. The van der Waals surface area contributed by atoms with Crippen molar-refractivity contribution in [1.82, 2.24) is 0 Å². The highest BCUT2D eigenvalue weighted by Crippen LogP contribution is 2.33. The predicted octanol–water partition coefficient (Wildman–Crippen LogP) is 1.55. The Kier molecular flexibility index (Phi) is 2.29. The SMILES string of the molecule is O=S1(=O)CC[C@@H](O)c2cc(Cl)ccc21. The van der Waals surface area contributed by atoms with Crippen molar-refractivity contribution in [1.29, 1.82) is 0 Å². The second-order valence-electron chi connectivity index (χ2n) is 3.31. The summed E-state index contributed by atoms with van der Waals surface area (Å²) in [6.07, 6.45) is -0.470. The number of hydrogen-bond acceptors (Lipinski definition) is 3. The van der Waals surface area contributed by atoms with Crippen molar-refractivity contribution >= 4 is 21.4 Å². The van der Waals surface area contributed by atoms with Crippen LogP contribution >= 0.6 is 11.6 Å². The van der Waals surface area contributed by atoms with E-state index >= 15 is 0 Å². The molecule has 5 heteroatoms. The fraction of sp³-hybridized carbons (Fsp3) is 0.333. The molecule has 0 saturated carbocycles. The van der Waals surface area contributed by atoms with Crippen LogP contribution in [0.2, 0.25) is 5.02 Å². The molecule has 0 aromatic heterocycles. The fourth-order valence-corrected chi connectivity index (χ4v) is 3.36. The summed E-state index contributed by atoms with van der Waals surface area (Å²) < 4.78 is 23.2. The molecule has 1 heterocycles. The third-order valence-electron chi connectivity index (χ3n) is 2.33. The third-order valence-corrected chi connectivity index (χ3v) is 4.38. The lowest BCUT2D eigenvalue weighted by Crippen LogP contribution is -2.19. The Balaban J connectivity index is 2.69. The molecule has 1 aromatic carbocycles. The lowest BCUT2D eigenvalue weighted by molar-refractivity contribution is 0.168. The topological polar surface area (TPSA) is 54.4 Å². The molecule has 0 saturated heterocycles. The Bertz CT molecular complexity index is 467. The average Bonchev–Trinajstić information content (AvgIpc) is 2.12. The number of rotatable bonds is 0. The molecule has 0 fully saturated rings. The Hall–Kier alpha value is -0.580. The number of benzene rings is 1. The van der Waals surface area contributed by atoms with Gasteiger partial charge in [-0.05, 0) is 24.6 Å². The monoisotopic (exact) mass is 232 g/mol. The van der Waals surface area contributed by atoms with Gasteiger partial charge in [0.15, 0.2) is 9.84 Å². The van der Waals surface area contributed by atoms with E-state index < -0.39 is 15.9 Å². The minimum atomic E-state index is -3.21. The van der Waals surface area contributed by atoms with Crippen LogP contribution in [0.25, 0.3) is 0 Å². The normalized spacial score (nSPS) is 24.3. The molecule has 0 bridgehead atoms. The summed E-state index contributed by atoms with van der Waals surface area (Å²) in [6.45, 7) is 0. The van der Waals surface area contributed by atoms with Crippen LogP contribution in [0.3, 0.4) is 0 Å². The summed E-state index contributed by atoms with van der Waals surface area (Å²) in [5, 5.41) is 10.0. The van der Waals surface area contributed by atoms with Crippen LogP contribution in [0.5, 0.6) is 0 Å². The molecule has 1 aromatic rings. The number of sulfone groups is 1. The van der Waals surface area contributed by atoms with Crippen LogP contribution in [-0.4, -0.2) is 19.3 Å². The number of aliphatic hydroxyl groups is 1. The van der Waals surface area contributed by atoms with Crippen LogP contribution in [0.4, 0.5) is 0 Å². The number of aliphatic hydroxyl groups excluding tert-OH is 1. The van der Waals surface area contributed by atoms with Gasteiger partial charge < -0.3 is 5.11 Å². The van der Waals surface area contributed by atoms with E-state index in [4.69, 9.17) is 11.6 Å². The summed E-state index contributed by atoms with van der Waals surface area (Å²) in [5.41, 5.74) is 0.420. The van der Waals surface area contributed by atoms with E-state index in [0.29, 0.717) is 10.6 Å². The van der Waals surface area contributed by atoms with Gasteiger partial charge in [0.2, 0.25) is 0 Å². The predicted molar refractivity (Wildman–Crippen MR) is 53.1 cm³/mol. The van der Waals surface area contributed by atoms with Gasteiger partial charge in [-0.2, -0.15) is 0 Å². The van der Waals surface area contributed by atoms with E-state index in [9.17, 15) is 13.5 Å². The van der Waals surface area contributed by atoms with E-state index in [0.717, 1.165) is 0 Å². The van der Waals surface area contributed by atoms with Gasteiger partial charge in [0.25, 0.3) is 0 Å². The minimum absolute atomic E-state index is 0.00278. The molecule has 1 aliphatic heterocycles. The van der Waals surface area contributed by atoms with Gasteiger partial charge in [-0.25, -0.2) is 8.42 Å². The first-order valence-electron chi connectivity index (χ1n) is 4.21. The molecule has 2 rings (SSSR count). The van der Waals surface area contributed by atoms with Gasteiger partial charge >= 0.3 is 0 Å². The molecule has 76 valence electrons. The van der Waals surface area contributed by atoms with Crippen LogP contribution in [0.1, 0.15) is 18.1 Å². The van der Waals surface area contributed by atoms with Crippen molar-refractivity contribution in [3.05, 3.63) is 28.8 Å². The van der Waals surface area contributed by atoms with Crippen LogP contribution in [-0.2, 0) is 9.84 Å². The van der Waals surface area contributed by atoms with Crippen molar-refractivity contribution < 1.29 is 13.5 Å². The second kappa shape index (κ2) is 3.22. The fourth-order valence-electron chi connectivity index (χ4n) is 1.60. The Morgan fingerprint density at radius 2 is 2.14 bits per heavy atom. The van der Waals surface area contributed by atoms with Gasteiger partial charge in [-0.15, -0.1) is 0 Å². The van der Waals surface area contributed by atoms with Crippen molar-refractivity contribution in [3.63, 3.8) is 0 Å². The molecule has 1 aliphatic rings. The highest BCUT2D eigenvalue weighted by molar-refractivity contribution is 7.91. The molecular weight excluding hydrogens is 224 g/mol. The summed E-state index contributed by atoms with van der Waals surface area (Å²) in [4.78, 5) is 0.209. The Morgan fingerprint density at radius 3 is 2.86 bits per heavy atom. The number of fused-ring (bicyclic) bond motifs is 1. The first-order valence-corrected chi connectivity index (χ1v) is 6.24. The molecule has 3 nitrogen and oxygen atoms in total. The Morgan fingerprint density at radius 1 is 1.43 bits per heavy atom. The van der Waals surface area contributed by atoms with Gasteiger partial charge in [0.05, 0.1) is 16.8 Å². The van der Waals surface area contributed by atoms with Gasteiger partial charge in [0.1, 0.15) is 0 Å². The van der Waals surface area contributed by atoms with Crippen molar-refractivity contribution in [2.24, 2.45) is 0 Å². The smallest absolute Gasteiger partial charge is 0.178 e. The quantitative estimate of drug-likeness (QED) is 0.739. The second-order valence-corrected chi connectivity index (χ2v) is 5.82. The van der Waals surface area contributed by atoms with E-state index in [1.807, 2.05) is 0 Å². The largest absolute Gasteiger partial charge is 0.388 e. The highest BCUT2D eigenvalue weighted by Gasteiger charge is 2.28. The van der Waals surface area contributed by atoms with Crippen LogP contribution in [0, 0.1) is 0 Å².